The Labute approximate surface area is 127 Å². The highest BCUT2D eigenvalue weighted by Crippen LogP contribution is 2.25. The summed E-state index contributed by atoms with van der Waals surface area (Å²) >= 11 is 5.90. The van der Waals surface area contributed by atoms with Gasteiger partial charge in [-0.2, -0.15) is 0 Å². The van der Waals surface area contributed by atoms with Crippen LogP contribution in [-0.2, 0) is 4.74 Å². The van der Waals surface area contributed by atoms with Crippen molar-refractivity contribution in [2.24, 2.45) is 5.92 Å². The molecule has 0 amide bonds. The fourth-order valence-electron chi connectivity index (χ4n) is 1.91. The molecule has 2 unspecified atom stereocenters. The number of hydrogen-bond acceptors (Lipinski definition) is 1. The topological polar surface area (TPSA) is 9.23 Å². The number of benzene rings is 1. The highest BCUT2D eigenvalue weighted by Gasteiger charge is 2.15. The SMILES string of the molecule is CC(C)CC(C)OC(CI)c1cccc(Br)c1. The van der Waals surface area contributed by atoms with Gasteiger partial charge < -0.3 is 4.74 Å². The van der Waals surface area contributed by atoms with Gasteiger partial charge in [-0.3, -0.25) is 0 Å². The predicted molar refractivity (Wildman–Crippen MR) is 85.8 cm³/mol. The summed E-state index contributed by atoms with van der Waals surface area (Å²) in [6, 6.07) is 8.39. The van der Waals surface area contributed by atoms with Crippen molar-refractivity contribution in [2.45, 2.75) is 39.4 Å². The third kappa shape index (κ3) is 5.71. The predicted octanol–water partition coefficient (Wildman–Crippen LogP) is 5.38. The molecule has 1 nitrogen and oxygen atoms in total. The zero-order valence-corrected chi connectivity index (χ0v) is 14.4. The Bertz CT molecular complexity index is 341. The molecule has 0 N–H and O–H groups in total. The van der Waals surface area contributed by atoms with Crippen LogP contribution in [0.1, 0.15) is 38.9 Å². The highest BCUT2D eigenvalue weighted by molar-refractivity contribution is 14.1. The van der Waals surface area contributed by atoms with E-state index in [9.17, 15) is 0 Å². The summed E-state index contributed by atoms with van der Waals surface area (Å²) in [6.07, 6.45) is 1.62. The van der Waals surface area contributed by atoms with Crippen LogP contribution < -0.4 is 0 Å². The number of ether oxygens (including phenoxy) is 1. The molecule has 2 atom stereocenters. The Morgan fingerprint density at radius 3 is 2.53 bits per heavy atom. The lowest BCUT2D eigenvalue weighted by atomic mass is 10.1. The van der Waals surface area contributed by atoms with Crippen molar-refractivity contribution in [3.63, 3.8) is 0 Å². The average Bonchev–Trinajstić information content (AvgIpc) is 2.24. The maximum atomic E-state index is 6.12. The summed E-state index contributed by atoms with van der Waals surface area (Å²) in [5.41, 5.74) is 1.25. The van der Waals surface area contributed by atoms with E-state index in [0.717, 1.165) is 15.3 Å². The molecular formula is C14H20BrIO. The molecule has 0 aliphatic rings. The lowest BCUT2D eigenvalue weighted by molar-refractivity contribution is 0.000848. The molecular weight excluding hydrogens is 391 g/mol. The Morgan fingerprint density at radius 2 is 2.00 bits per heavy atom. The van der Waals surface area contributed by atoms with E-state index in [1.807, 2.05) is 6.07 Å². The molecule has 0 radical (unpaired) electrons. The third-order valence-corrected chi connectivity index (χ3v) is 3.85. The summed E-state index contributed by atoms with van der Waals surface area (Å²) in [5, 5.41) is 0. The molecule has 0 saturated heterocycles. The molecule has 0 aliphatic heterocycles. The largest absolute Gasteiger partial charge is 0.370 e. The standard InChI is InChI=1S/C14H20BrIO/c1-10(2)7-11(3)17-14(9-16)12-5-4-6-13(15)8-12/h4-6,8,10-11,14H,7,9H2,1-3H3. The fraction of sp³-hybridized carbons (Fsp3) is 0.571. The molecule has 96 valence electrons. The number of alkyl halides is 1. The second kappa shape index (κ2) is 7.74. The molecule has 0 aliphatic carbocycles. The summed E-state index contributed by atoms with van der Waals surface area (Å²) < 4.78 is 8.22. The first-order chi connectivity index (χ1) is 8.02. The maximum absolute atomic E-state index is 6.12. The average molecular weight is 411 g/mol. The highest BCUT2D eigenvalue weighted by atomic mass is 127. The number of halogens is 2. The van der Waals surface area contributed by atoms with E-state index in [2.05, 4.69) is 77.5 Å². The molecule has 1 aromatic rings. The van der Waals surface area contributed by atoms with Gasteiger partial charge in [-0.05, 0) is 37.0 Å². The summed E-state index contributed by atoms with van der Waals surface area (Å²) in [5.74, 6) is 0.683. The van der Waals surface area contributed by atoms with Crippen LogP contribution in [0.4, 0.5) is 0 Å². The Kier molecular flexibility index (Phi) is 7.04. The van der Waals surface area contributed by atoms with Crippen LogP contribution in [0.15, 0.2) is 28.7 Å². The van der Waals surface area contributed by atoms with Crippen molar-refractivity contribution in [1.82, 2.24) is 0 Å². The first-order valence-electron chi connectivity index (χ1n) is 5.99. The van der Waals surface area contributed by atoms with Gasteiger partial charge in [-0.1, -0.05) is 64.5 Å². The normalized spacial score (nSPS) is 14.9. The van der Waals surface area contributed by atoms with Gasteiger partial charge in [0.2, 0.25) is 0 Å². The number of hydrogen-bond donors (Lipinski definition) is 0. The van der Waals surface area contributed by atoms with Gasteiger partial charge in [0.05, 0.1) is 12.2 Å². The third-order valence-electron chi connectivity index (χ3n) is 2.56. The Hall–Kier alpha value is 0.390. The molecule has 0 heterocycles. The first-order valence-corrected chi connectivity index (χ1v) is 8.31. The van der Waals surface area contributed by atoms with Gasteiger partial charge in [0.1, 0.15) is 0 Å². The zero-order valence-electron chi connectivity index (χ0n) is 10.6. The molecule has 0 saturated carbocycles. The maximum Gasteiger partial charge on any atom is 0.0918 e. The minimum Gasteiger partial charge on any atom is -0.370 e. The summed E-state index contributed by atoms with van der Waals surface area (Å²) in [7, 11) is 0. The van der Waals surface area contributed by atoms with E-state index in [0.29, 0.717) is 12.0 Å². The van der Waals surface area contributed by atoms with Crippen molar-refractivity contribution < 1.29 is 4.74 Å². The second-order valence-electron chi connectivity index (χ2n) is 4.77. The quantitative estimate of drug-likeness (QED) is 0.452. The van der Waals surface area contributed by atoms with Crippen LogP contribution in [0, 0.1) is 5.92 Å². The van der Waals surface area contributed by atoms with Gasteiger partial charge in [-0.15, -0.1) is 0 Å². The Balaban J connectivity index is 2.65. The lowest BCUT2D eigenvalue weighted by Gasteiger charge is -2.22. The van der Waals surface area contributed by atoms with Crippen LogP contribution >= 0.6 is 38.5 Å². The molecule has 1 rings (SSSR count). The van der Waals surface area contributed by atoms with Crippen molar-refractivity contribution in [2.75, 3.05) is 4.43 Å². The van der Waals surface area contributed by atoms with Crippen LogP contribution in [-0.4, -0.2) is 10.5 Å². The molecule has 1 aromatic carbocycles. The van der Waals surface area contributed by atoms with Crippen LogP contribution in [0.2, 0.25) is 0 Å². The van der Waals surface area contributed by atoms with Gasteiger partial charge in [0, 0.05) is 8.90 Å². The van der Waals surface area contributed by atoms with E-state index >= 15 is 0 Å². The van der Waals surface area contributed by atoms with Gasteiger partial charge in [-0.25, -0.2) is 0 Å². The molecule has 0 aromatic heterocycles. The minimum absolute atomic E-state index is 0.196. The van der Waals surface area contributed by atoms with E-state index in [1.165, 1.54) is 5.56 Å². The second-order valence-corrected chi connectivity index (χ2v) is 6.57. The minimum atomic E-state index is 0.196. The van der Waals surface area contributed by atoms with Gasteiger partial charge in [0.15, 0.2) is 0 Å². The number of rotatable bonds is 6. The van der Waals surface area contributed by atoms with Gasteiger partial charge >= 0.3 is 0 Å². The fourth-order valence-corrected chi connectivity index (χ4v) is 3.04. The van der Waals surface area contributed by atoms with E-state index in [1.54, 1.807) is 0 Å². The van der Waals surface area contributed by atoms with Gasteiger partial charge in [0.25, 0.3) is 0 Å². The zero-order chi connectivity index (χ0) is 12.8. The van der Waals surface area contributed by atoms with E-state index < -0.39 is 0 Å². The van der Waals surface area contributed by atoms with Crippen molar-refractivity contribution in [3.8, 4) is 0 Å². The molecule has 0 spiro atoms. The van der Waals surface area contributed by atoms with Crippen molar-refractivity contribution >= 4 is 38.5 Å². The van der Waals surface area contributed by atoms with Crippen LogP contribution in [0.3, 0.4) is 0 Å². The molecule has 17 heavy (non-hydrogen) atoms. The molecule has 0 bridgehead atoms. The summed E-state index contributed by atoms with van der Waals surface area (Å²) in [4.78, 5) is 0. The lowest BCUT2D eigenvalue weighted by Crippen LogP contribution is -2.16. The molecule has 3 heteroatoms. The monoisotopic (exact) mass is 410 g/mol. The van der Waals surface area contributed by atoms with Crippen LogP contribution in [0.5, 0.6) is 0 Å². The van der Waals surface area contributed by atoms with Crippen molar-refractivity contribution in [3.05, 3.63) is 34.3 Å². The van der Waals surface area contributed by atoms with Crippen molar-refractivity contribution in [1.29, 1.82) is 0 Å². The van der Waals surface area contributed by atoms with E-state index in [-0.39, 0.29) is 6.10 Å². The smallest absolute Gasteiger partial charge is 0.0918 e. The first kappa shape index (κ1) is 15.4. The van der Waals surface area contributed by atoms with Crippen LogP contribution in [0.25, 0.3) is 0 Å². The molecule has 0 fully saturated rings. The summed E-state index contributed by atoms with van der Waals surface area (Å²) in [6.45, 7) is 6.63. The Morgan fingerprint density at radius 1 is 1.29 bits per heavy atom. The van der Waals surface area contributed by atoms with E-state index in [4.69, 9.17) is 4.74 Å².